The summed E-state index contributed by atoms with van der Waals surface area (Å²) in [6.07, 6.45) is 9.41. The molecule has 2 rings (SSSR count). The summed E-state index contributed by atoms with van der Waals surface area (Å²) in [6, 6.07) is 1.36. The molecule has 18 heavy (non-hydrogen) atoms. The van der Waals surface area contributed by atoms with Crippen molar-refractivity contribution in [3.05, 3.63) is 0 Å². The number of primary amides is 1. The smallest absolute Gasteiger partial charge is 0.217 e. The van der Waals surface area contributed by atoms with Gasteiger partial charge >= 0.3 is 0 Å². The molecule has 1 saturated heterocycles. The maximum atomic E-state index is 10.7. The molecule has 4 heteroatoms. The number of hydrogen-bond acceptors (Lipinski definition) is 3. The molecule has 0 radical (unpaired) electrons. The van der Waals surface area contributed by atoms with Gasteiger partial charge in [0.05, 0.1) is 0 Å². The second kappa shape index (κ2) is 7.10. The summed E-state index contributed by atoms with van der Waals surface area (Å²) in [5, 5.41) is 7.31. The maximum absolute atomic E-state index is 10.7. The van der Waals surface area contributed by atoms with Gasteiger partial charge in [-0.15, -0.1) is 0 Å². The lowest BCUT2D eigenvalue weighted by Crippen LogP contribution is -2.47. The lowest BCUT2D eigenvalue weighted by molar-refractivity contribution is -0.118. The predicted octanol–water partition coefficient (Wildman–Crippen LogP) is 1.15. The number of nitrogens with two attached hydrogens (primary N) is 1. The van der Waals surface area contributed by atoms with Crippen LogP contribution in [0.25, 0.3) is 0 Å². The third-order valence-corrected chi connectivity index (χ3v) is 4.44. The van der Waals surface area contributed by atoms with E-state index in [1.165, 1.54) is 45.1 Å². The molecule has 0 aromatic heterocycles. The minimum atomic E-state index is -0.186. The second-order valence-corrected chi connectivity index (χ2v) is 5.78. The standard InChI is InChI=1S/C14H27N3O/c15-14(18)8-4-10-17-12-6-2-1-5-11(12)13-7-3-9-16-13/h11-13,16-17H,1-10H2,(H2,15,18). The van der Waals surface area contributed by atoms with Crippen LogP contribution in [0.15, 0.2) is 0 Å². The van der Waals surface area contributed by atoms with E-state index in [0.29, 0.717) is 12.5 Å². The largest absolute Gasteiger partial charge is 0.370 e. The van der Waals surface area contributed by atoms with E-state index in [4.69, 9.17) is 5.73 Å². The van der Waals surface area contributed by atoms with Crippen LogP contribution in [0.3, 0.4) is 0 Å². The molecule has 1 saturated carbocycles. The van der Waals surface area contributed by atoms with Gasteiger partial charge in [0.15, 0.2) is 0 Å². The highest BCUT2D eigenvalue weighted by atomic mass is 16.1. The van der Waals surface area contributed by atoms with Gasteiger partial charge in [-0.1, -0.05) is 12.8 Å². The van der Waals surface area contributed by atoms with Gasteiger partial charge < -0.3 is 16.4 Å². The fraction of sp³-hybridized carbons (Fsp3) is 0.929. The summed E-state index contributed by atoms with van der Waals surface area (Å²) in [7, 11) is 0. The first-order valence-corrected chi connectivity index (χ1v) is 7.52. The van der Waals surface area contributed by atoms with E-state index in [0.717, 1.165) is 24.9 Å². The summed E-state index contributed by atoms with van der Waals surface area (Å²) >= 11 is 0. The Morgan fingerprint density at radius 3 is 2.78 bits per heavy atom. The zero-order valence-corrected chi connectivity index (χ0v) is 11.3. The molecule has 1 amide bonds. The zero-order chi connectivity index (χ0) is 12.8. The van der Waals surface area contributed by atoms with Crippen molar-refractivity contribution in [2.24, 2.45) is 11.7 Å². The Balaban J connectivity index is 1.74. The number of carbonyl (C=O) groups excluding carboxylic acids is 1. The molecule has 0 aromatic carbocycles. The zero-order valence-electron chi connectivity index (χ0n) is 11.3. The van der Waals surface area contributed by atoms with E-state index in [-0.39, 0.29) is 5.91 Å². The molecule has 4 N–H and O–H groups in total. The van der Waals surface area contributed by atoms with E-state index in [1.807, 2.05) is 0 Å². The maximum Gasteiger partial charge on any atom is 0.217 e. The highest BCUT2D eigenvalue weighted by Crippen LogP contribution is 2.30. The van der Waals surface area contributed by atoms with Gasteiger partial charge in [-0.25, -0.2) is 0 Å². The Kier molecular flexibility index (Phi) is 5.45. The van der Waals surface area contributed by atoms with Crippen molar-refractivity contribution in [3.63, 3.8) is 0 Å². The van der Waals surface area contributed by atoms with E-state index >= 15 is 0 Å². The van der Waals surface area contributed by atoms with Crippen LogP contribution in [0.2, 0.25) is 0 Å². The first kappa shape index (κ1) is 13.8. The van der Waals surface area contributed by atoms with Gasteiger partial charge in [0, 0.05) is 18.5 Å². The fourth-order valence-corrected chi connectivity index (χ4v) is 3.52. The predicted molar refractivity (Wildman–Crippen MR) is 73.2 cm³/mol. The Morgan fingerprint density at radius 1 is 1.22 bits per heavy atom. The van der Waals surface area contributed by atoms with Crippen LogP contribution >= 0.6 is 0 Å². The van der Waals surface area contributed by atoms with Crippen molar-refractivity contribution < 1.29 is 4.79 Å². The van der Waals surface area contributed by atoms with Gasteiger partial charge in [0.1, 0.15) is 0 Å². The molecule has 1 aliphatic heterocycles. The van der Waals surface area contributed by atoms with E-state index in [9.17, 15) is 4.79 Å². The van der Waals surface area contributed by atoms with Crippen molar-refractivity contribution in [2.75, 3.05) is 13.1 Å². The molecule has 0 aromatic rings. The van der Waals surface area contributed by atoms with Crippen LogP contribution in [-0.2, 0) is 4.79 Å². The number of hydrogen-bond donors (Lipinski definition) is 3. The quantitative estimate of drug-likeness (QED) is 0.622. The molecule has 0 spiro atoms. The third kappa shape index (κ3) is 3.95. The highest BCUT2D eigenvalue weighted by molar-refractivity contribution is 5.73. The number of carbonyl (C=O) groups is 1. The Bertz CT molecular complexity index is 264. The van der Waals surface area contributed by atoms with Gasteiger partial charge in [-0.2, -0.15) is 0 Å². The molecule has 2 fully saturated rings. The van der Waals surface area contributed by atoms with Crippen molar-refractivity contribution in [1.29, 1.82) is 0 Å². The Labute approximate surface area is 110 Å². The molecule has 104 valence electrons. The normalized spacial score (nSPS) is 32.6. The van der Waals surface area contributed by atoms with Crippen LogP contribution in [0.1, 0.15) is 51.4 Å². The molecular formula is C14H27N3O. The van der Waals surface area contributed by atoms with Crippen LogP contribution in [0.5, 0.6) is 0 Å². The number of amides is 1. The van der Waals surface area contributed by atoms with Gasteiger partial charge in [0.25, 0.3) is 0 Å². The van der Waals surface area contributed by atoms with E-state index in [1.54, 1.807) is 0 Å². The van der Waals surface area contributed by atoms with E-state index < -0.39 is 0 Å². The average molecular weight is 253 g/mol. The van der Waals surface area contributed by atoms with Gasteiger partial charge in [0.2, 0.25) is 5.91 Å². The summed E-state index contributed by atoms with van der Waals surface area (Å²) < 4.78 is 0. The highest BCUT2D eigenvalue weighted by Gasteiger charge is 2.32. The first-order chi connectivity index (χ1) is 8.77. The molecule has 3 unspecified atom stereocenters. The Hall–Kier alpha value is -0.610. The molecule has 0 bridgehead atoms. The number of rotatable bonds is 6. The minimum absolute atomic E-state index is 0.186. The number of nitrogens with one attached hydrogen (secondary N) is 2. The van der Waals surface area contributed by atoms with Crippen molar-refractivity contribution in [3.8, 4) is 0 Å². The average Bonchev–Trinajstić information content (AvgIpc) is 2.88. The van der Waals surface area contributed by atoms with Crippen molar-refractivity contribution in [2.45, 2.75) is 63.5 Å². The van der Waals surface area contributed by atoms with Crippen molar-refractivity contribution in [1.82, 2.24) is 10.6 Å². The molecule has 1 aliphatic carbocycles. The first-order valence-electron chi connectivity index (χ1n) is 7.52. The Morgan fingerprint density at radius 2 is 2.06 bits per heavy atom. The van der Waals surface area contributed by atoms with Gasteiger partial charge in [-0.3, -0.25) is 4.79 Å². The molecule has 1 heterocycles. The molecule has 4 nitrogen and oxygen atoms in total. The van der Waals surface area contributed by atoms with E-state index in [2.05, 4.69) is 10.6 Å². The summed E-state index contributed by atoms with van der Waals surface area (Å²) in [5.74, 6) is 0.601. The van der Waals surface area contributed by atoms with Crippen LogP contribution in [-0.4, -0.2) is 31.1 Å². The van der Waals surface area contributed by atoms with Crippen molar-refractivity contribution >= 4 is 5.91 Å². The monoisotopic (exact) mass is 253 g/mol. The molecule has 3 atom stereocenters. The topological polar surface area (TPSA) is 67.2 Å². The summed E-state index contributed by atoms with van der Waals surface area (Å²) in [5.41, 5.74) is 5.16. The van der Waals surface area contributed by atoms with Gasteiger partial charge in [-0.05, 0) is 51.1 Å². The third-order valence-electron chi connectivity index (χ3n) is 4.44. The minimum Gasteiger partial charge on any atom is -0.370 e. The second-order valence-electron chi connectivity index (χ2n) is 5.78. The van der Waals surface area contributed by atoms with Crippen LogP contribution in [0, 0.1) is 5.92 Å². The molecular weight excluding hydrogens is 226 g/mol. The lowest BCUT2D eigenvalue weighted by atomic mass is 9.79. The lowest BCUT2D eigenvalue weighted by Gasteiger charge is -2.36. The fourth-order valence-electron chi connectivity index (χ4n) is 3.52. The summed E-state index contributed by atoms with van der Waals surface area (Å²) in [4.78, 5) is 10.7. The van der Waals surface area contributed by atoms with Crippen LogP contribution < -0.4 is 16.4 Å². The van der Waals surface area contributed by atoms with Crippen LogP contribution in [0.4, 0.5) is 0 Å². The SMILES string of the molecule is NC(=O)CCCNC1CCCCC1C1CCCN1. The summed E-state index contributed by atoms with van der Waals surface area (Å²) in [6.45, 7) is 2.12. The molecule has 2 aliphatic rings.